The molecule has 0 radical (unpaired) electrons. The number of hydrogen-bond acceptors (Lipinski definition) is 5. The molecule has 1 aliphatic heterocycles. The molecule has 1 saturated heterocycles. The minimum Gasteiger partial charge on any atom is -0.379 e. The largest absolute Gasteiger partial charge is 0.379 e. The Kier molecular flexibility index (Phi) is 6.84. The molecule has 0 amide bonds. The van der Waals surface area contributed by atoms with E-state index in [0.717, 1.165) is 25.6 Å². The summed E-state index contributed by atoms with van der Waals surface area (Å²) in [7, 11) is 0. The Bertz CT molecular complexity index is 597. The van der Waals surface area contributed by atoms with Gasteiger partial charge in [-0.05, 0) is 61.5 Å². The van der Waals surface area contributed by atoms with E-state index in [1.165, 1.54) is 30.9 Å². The monoisotopic (exact) mass is 359 g/mol. The lowest BCUT2D eigenvalue weighted by Gasteiger charge is -2.33. The fourth-order valence-corrected chi connectivity index (χ4v) is 4.01. The zero-order valence-corrected chi connectivity index (χ0v) is 16.1. The van der Waals surface area contributed by atoms with Gasteiger partial charge in [0.25, 0.3) is 0 Å². The van der Waals surface area contributed by atoms with E-state index in [1.54, 1.807) is 11.3 Å². The van der Waals surface area contributed by atoms with Crippen LogP contribution in [-0.2, 0) is 4.74 Å². The highest BCUT2D eigenvalue weighted by Crippen LogP contribution is 2.29. The maximum absolute atomic E-state index is 6.04. The first kappa shape index (κ1) is 18.4. The van der Waals surface area contributed by atoms with Crippen LogP contribution in [0.15, 0.2) is 41.9 Å². The van der Waals surface area contributed by atoms with E-state index in [0.29, 0.717) is 12.0 Å². The van der Waals surface area contributed by atoms with Crippen molar-refractivity contribution >= 4 is 22.2 Å². The Balaban J connectivity index is 1.75. The molecular weight excluding hydrogens is 330 g/mol. The molecule has 5 heteroatoms. The molecule has 1 aliphatic rings. The first-order valence-corrected chi connectivity index (χ1v) is 10.2. The van der Waals surface area contributed by atoms with Crippen molar-refractivity contribution in [3.05, 3.63) is 41.9 Å². The lowest BCUT2D eigenvalue weighted by molar-refractivity contribution is 0.0576. The van der Waals surface area contributed by atoms with Crippen LogP contribution >= 0.6 is 11.3 Å². The van der Waals surface area contributed by atoms with E-state index >= 15 is 0 Å². The van der Waals surface area contributed by atoms with Crippen molar-refractivity contribution in [2.75, 3.05) is 37.7 Å². The average molecular weight is 360 g/mol. The highest BCUT2D eigenvalue weighted by Gasteiger charge is 2.26. The van der Waals surface area contributed by atoms with Gasteiger partial charge in [-0.2, -0.15) is 0 Å². The smallest absolute Gasteiger partial charge is 0.133 e. The van der Waals surface area contributed by atoms with Crippen LogP contribution in [0.2, 0.25) is 0 Å². The molecule has 0 saturated carbocycles. The zero-order valence-electron chi connectivity index (χ0n) is 15.3. The van der Waals surface area contributed by atoms with Gasteiger partial charge >= 0.3 is 0 Å². The summed E-state index contributed by atoms with van der Waals surface area (Å²) in [5.74, 6) is 1.58. The predicted octanol–water partition coefficient (Wildman–Crippen LogP) is 4.42. The first-order valence-electron chi connectivity index (χ1n) is 9.28. The van der Waals surface area contributed by atoms with E-state index in [2.05, 4.69) is 58.3 Å². The third kappa shape index (κ3) is 5.27. The molecule has 2 aromatic heterocycles. The molecule has 0 aliphatic carbocycles. The number of thiophene rings is 1. The summed E-state index contributed by atoms with van der Waals surface area (Å²) >= 11 is 1.77. The molecule has 0 bridgehead atoms. The van der Waals surface area contributed by atoms with Gasteiger partial charge in [0.05, 0.1) is 17.6 Å². The Hall–Kier alpha value is -1.43. The quantitative estimate of drug-likeness (QED) is 0.663. The van der Waals surface area contributed by atoms with Gasteiger partial charge in [0.1, 0.15) is 5.82 Å². The molecule has 0 N–H and O–H groups in total. The number of hydrogen-bond donors (Lipinski definition) is 0. The van der Waals surface area contributed by atoms with E-state index < -0.39 is 0 Å². The standard InChI is InChI=1S/C20H29N3OS/c1-17(2)15-24-16-18(22-11-5-6-12-22)14-23(20-9-7-13-25-20)19-8-3-4-10-21-19/h3-4,7-10,13,17-18H,5-6,11-12,14-16H2,1-2H3. The second-order valence-electron chi connectivity index (χ2n) is 7.08. The van der Waals surface area contributed by atoms with Crippen LogP contribution in [0.1, 0.15) is 26.7 Å². The van der Waals surface area contributed by atoms with Crippen LogP contribution in [0.4, 0.5) is 10.8 Å². The first-order chi connectivity index (χ1) is 12.2. The van der Waals surface area contributed by atoms with Crippen molar-refractivity contribution in [1.82, 2.24) is 9.88 Å². The van der Waals surface area contributed by atoms with Crippen LogP contribution in [-0.4, -0.2) is 48.8 Å². The van der Waals surface area contributed by atoms with E-state index in [-0.39, 0.29) is 0 Å². The molecule has 1 unspecified atom stereocenters. The van der Waals surface area contributed by atoms with Gasteiger partial charge < -0.3 is 9.64 Å². The third-order valence-electron chi connectivity index (χ3n) is 4.51. The Morgan fingerprint density at radius 2 is 2.00 bits per heavy atom. The van der Waals surface area contributed by atoms with Crippen LogP contribution in [0, 0.1) is 5.92 Å². The van der Waals surface area contributed by atoms with Gasteiger partial charge in [-0.3, -0.25) is 4.90 Å². The number of likely N-dealkylation sites (tertiary alicyclic amines) is 1. The van der Waals surface area contributed by atoms with Crippen LogP contribution < -0.4 is 4.90 Å². The number of ether oxygens (including phenoxy) is 1. The van der Waals surface area contributed by atoms with Gasteiger partial charge in [-0.1, -0.05) is 19.9 Å². The molecule has 4 nitrogen and oxygen atoms in total. The number of anilines is 2. The van der Waals surface area contributed by atoms with Gasteiger partial charge in [0.2, 0.25) is 0 Å². The lowest BCUT2D eigenvalue weighted by Crippen LogP contribution is -2.44. The second kappa shape index (κ2) is 9.32. The number of pyridine rings is 1. The average Bonchev–Trinajstić information content (AvgIpc) is 3.32. The number of rotatable bonds is 9. The summed E-state index contributed by atoms with van der Waals surface area (Å²) in [4.78, 5) is 9.52. The molecule has 0 aromatic carbocycles. The summed E-state index contributed by atoms with van der Waals surface area (Å²) in [6, 6.07) is 10.8. The molecule has 3 heterocycles. The fourth-order valence-electron chi connectivity index (χ4n) is 3.26. The molecule has 1 fully saturated rings. The van der Waals surface area contributed by atoms with Crippen molar-refractivity contribution in [3.63, 3.8) is 0 Å². The van der Waals surface area contributed by atoms with Crippen molar-refractivity contribution in [3.8, 4) is 0 Å². The highest BCUT2D eigenvalue weighted by molar-refractivity contribution is 7.14. The molecule has 3 rings (SSSR count). The molecule has 2 aromatic rings. The molecular formula is C20H29N3OS. The van der Waals surface area contributed by atoms with Crippen molar-refractivity contribution in [2.45, 2.75) is 32.7 Å². The fraction of sp³-hybridized carbons (Fsp3) is 0.550. The van der Waals surface area contributed by atoms with Crippen molar-refractivity contribution in [2.24, 2.45) is 5.92 Å². The SMILES string of the molecule is CC(C)COCC(CN(c1ccccn1)c1cccs1)N1CCCC1. The lowest BCUT2D eigenvalue weighted by atomic mass is 10.2. The second-order valence-corrected chi connectivity index (χ2v) is 8.00. The Labute approximate surface area is 155 Å². The molecule has 25 heavy (non-hydrogen) atoms. The zero-order chi connectivity index (χ0) is 17.5. The Morgan fingerprint density at radius 3 is 2.64 bits per heavy atom. The normalized spacial score (nSPS) is 16.4. The topological polar surface area (TPSA) is 28.6 Å². The van der Waals surface area contributed by atoms with Crippen molar-refractivity contribution < 1.29 is 4.74 Å². The molecule has 1 atom stereocenters. The van der Waals surface area contributed by atoms with Gasteiger partial charge in [0.15, 0.2) is 0 Å². The maximum Gasteiger partial charge on any atom is 0.133 e. The van der Waals surface area contributed by atoms with Crippen LogP contribution in [0.5, 0.6) is 0 Å². The molecule has 136 valence electrons. The third-order valence-corrected chi connectivity index (χ3v) is 5.40. The number of nitrogens with zero attached hydrogens (tertiary/aromatic N) is 3. The van der Waals surface area contributed by atoms with Gasteiger partial charge in [-0.15, -0.1) is 11.3 Å². The van der Waals surface area contributed by atoms with Crippen LogP contribution in [0.3, 0.4) is 0 Å². The minimum atomic E-state index is 0.394. The van der Waals surface area contributed by atoms with Gasteiger partial charge in [-0.25, -0.2) is 4.98 Å². The van der Waals surface area contributed by atoms with E-state index in [1.807, 2.05) is 12.3 Å². The summed E-state index contributed by atoms with van der Waals surface area (Å²) in [5, 5.41) is 3.37. The van der Waals surface area contributed by atoms with E-state index in [4.69, 9.17) is 4.74 Å². The summed E-state index contributed by atoms with van der Waals surface area (Å²) < 4.78 is 6.04. The number of aromatic nitrogens is 1. The summed E-state index contributed by atoms with van der Waals surface area (Å²) in [5.41, 5.74) is 0. The van der Waals surface area contributed by atoms with Gasteiger partial charge in [0, 0.05) is 19.3 Å². The predicted molar refractivity (Wildman–Crippen MR) is 106 cm³/mol. The maximum atomic E-state index is 6.04. The Morgan fingerprint density at radius 1 is 1.16 bits per heavy atom. The minimum absolute atomic E-state index is 0.394. The molecule has 0 spiro atoms. The van der Waals surface area contributed by atoms with Crippen LogP contribution in [0.25, 0.3) is 0 Å². The van der Waals surface area contributed by atoms with Crippen molar-refractivity contribution in [1.29, 1.82) is 0 Å². The highest BCUT2D eigenvalue weighted by atomic mass is 32.1. The van der Waals surface area contributed by atoms with E-state index in [9.17, 15) is 0 Å². The summed E-state index contributed by atoms with van der Waals surface area (Å²) in [6.07, 6.45) is 4.46. The summed E-state index contributed by atoms with van der Waals surface area (Å²) in [6.45, 7) is 9.29.